The van der Waals surface area contributed by atoms with Gasteiger partial charge in [0.2, 0.25) is 5.95 Å². The first kappa shape index (κ1) is 13.8. The Morgan fingerprint density at radius 1 is 1.26 bits per heavy atom. The maximum atomic E-state index is 12.7. The number of nitrogens with one attached hydrogen (secondary N) is 1. The number of para-hydroxylation sites is 1. The number of anilines is 1. The highest BCUT2D eigenvalue weighted by Crippen LogP contribution is 2.19. The molecule has 23 heavy (non-hydrogen) atoms. The van der Waals surface area contributed by atoms with Crippen LogP contribution in [0.5, 0.6) is 0 Å². The molecule has 0 saturated carbocycles. The average molecular weight is 330 g/mol. The summed E-state index contributed by atoms with van der Waals surface area (Å²) < 4.78 is 2.86. The van der Waals surface area contributed by atoms with E-state index in [2.05, 4.69) is 15.5 Å². The van der Waals surface area contributed by atoms with Crippen LogP contribution in [0.4, 0.5) is 5.95 Å². The summed E-state index contributed by atoms with van der Waals surface area (Å²) in [5.74, 6) is 6.39. The molecule has 3 N–H and O–H groups in total. The third-order valence-electron chi connectivity index (χ3n) is 3.51. The summed E-state index contributed by atoms with van der Waals surface area (Å²) in [6.07, 6.45) is 3.08. The molecule has 0 amide bonds. The Bertz CT molecular complexity index is 976. The number of aromatic nitrogens is 4. The van der Waals surface area contributed by atoms with Crippen LogP contribution in [0.1, 0.15) is 0 Å². The Morgan fingerprint density at radius 2 is 2.04 bits per heavy atom. The largest absolute Gasteiger partial charge is 0.290 e. The topological polar surface area (TPSA) is 94.0 Å². The van der Waals surface area contributed by atoms with Gasteiger partial charge in [-0.2, -0.15) is 14.8 Å². The smallest absolute Gasteiger partial charge is 0.285 e. The molecule has 8 nitrogen and oxygen atoms in total. The molecular weight excluding hydrogens is 318 g/mol. The number of hydrogen-bond donors (Lipinski definition) is 2. The van der Waals surface area contributed by atoms with Gasteiger partial charge in [-0.05, 0) is 12.1 Å². The van der Waals surface area contributed by atoms with E-state index in [4.69, 9.17) is 17.4 Å². The Balaban J connectivity index is 1.97. The van der Waals surface area contributed by atoms with Crippen molar-refractivity contribution < 1.29 is 0 Å². The van der Waals surface area contributed by atoms with Gasteiger partial charge in [0.15, 0.2) is 5.65 Å². The van der Waals surface area contributed by atoms with Crippen molar-refractivity contribution in [2.24, 2.45) is 5.84 Å². The summed E-state index contributed by atoms with van der Waals surface area (Å²) in [4.78, 5) is 17.2. The van der Waals surface area contributed by atoms with Crippen LogP contribution in [0.25, 0.3) is 16.7 Å². The molecule has 1 aliphatic heterocycles. The fourth-order valence-electron chi connectivity index (χ4n) is 2.45. The van der Waals surface area contributed by atoms with E-state index in [-0.39, 0.29) is 17.4 Å². The molecule has 0 bridgehead atoms. The van der Waals surface area contributed by atoms with Crippen LogP contribution in [0.3, 0.4) is 0 Å². The van der Waals surface area contributed by atoms with Gasteiger partial charge in [-0.25, -0.2) is 10.5 Å². The van der Waals surface area contributed by atoms with Gasteiger partial charge in [-0.1, -0.05) is 18.2 Å². The van der Waals surface area contributed by atoms with E-state index in [9.17, 15) is 4.79 Å². The lowest BCUT2D eigenvalue weighted by Gasteiger charge is -2.25. The van der Waals surface area contributed by atoms with Crippen LogP contribution >= 0.6 is 11.6 Å². The predicted molar refractivity (Wildman–Crippen MR) is 88.0 cm³/mol. The number of benzene rings is 1. The van der Waals surface area contributed by atoms with Crippen LogP contribution in [-0.4, -0.2) is 25.3 Å². The lowest BCUT2D eigenvalue weighted by molar-refractivity contribution is 0.774. The first-order chi connectivity index (χ1) is 11.2. The number of hydrogen-bond acceptors (Lipinski definition) is 6. The van der Waals surface area contributed by atoms with E-state index < -0.39 is 0 Å². The van der Waals surface area contributed by atoms with E-state index in [0.717, 1.165) is 5.69 Å². The van der Waals surface area contributed by atoms with Crippen LogP contribution in [0, 0.1) is 0 Å². The molecule has 4 rings (SSSR count). The third kappa shape index (κ3) is 2.07. The van der Waals surface area contributed by atoms with E-state index in [0.29, 0.717) is 16.7 Å². The van der Waals surface area contributed by atoms with E-state index in [1.165, 1.54) is 15.9 Å². The van der Waals surface area contributed by atoms with Gasteiger partial charge in [0, 0.05) is 6.20 Å². The van der Waals surface area contributed by atoms with E-state index in [1.54, 1.807) is 10.9 Å². The minimum Gasteiger partial charge on any atom is -0.290 e. The number of fused-ring (bicyclic) bond motifs is 2. The second-order valence-corrected chi connectivity index (χ2v) is 5.26. The molecule has 0 unspecified atom stereocenters. The number of allylic oxidation sites excluding steroid dienone is 1. The fraction of sp³-hybridized carbons (Fsp3) is 0.0714. The van der Waals surface area contributed by atoms with Gasteiger partial charge in [-0.3, -0.25) is 15.2 Å². The molecule has 0 spiro atoms. The highest BCUT2D eigenvalue weighted by molar-refractivity contribution is 6.19. The van der Waals surface area contributed by atoms with Crippen LogP contribution in [0.15, 0.2) is 53.2 Å². The molecule has 3 aromatic rings. The van der Waals surface area contributed by atoms with E-state index >= 15 is 0 Å². The van der Waals surface area contributed by atoms with Crippen molar-refractivity contribution in [3.8, 4) is 5.69 Å². The number of rotatable bonds is 2. The lowest BCUT2D eigenvalue weighted by atomic mass is 10.3. The number of halogens is 1. The SMILES string of the molecule is NN1C=C(CCl)Nn2c1nc1c(cnn1-c1ccccc1)c2=O. The first-order valence-electron chi connectivity index (χ1n) is 6.83. The zero-order valence-corrected chi connectivity index (χ0v) is 12.6. The number of alkyl halides is 1. The number of nitrogens with two attached hydrogens (primary N) is 1. The van der Waals surface area contributed by atoms with Gasteiger partial charge in [-0.15, -0.1) is 11.6 Å². The second kappa shape index (κ2) is 5.11. The van der Waals surface area contributed by atoms with Crippen molar-refractivity contribution in [1.29, 1.82) is 0 Å². The molecule has 0 aliphatic carbocycles. The zero-order valence-electron chi connectivity index (χ0n) is 11.8. The molecule has 116 valence electrons. The minimum atomic E-state index is -0.293. The van der Waals surface area contributed by atoms with Crippen molar-refractivity contribution in [1.82, 2.24) is 19.4 Å². The maximum absolute atomic E-state index is 12.7. The minimum absolute atomic E-state index is 0.195. The Hall–Kier alpha value is -2.84. The molecule has 1 aliphatic rings. The van der Waals surface area contributed by atoms with Crippen molar-refractivity contribution in [2.45, 2.75) is 0 Å². The van der Waals surface area contributed by atoms with Crippen molar-refractivity contribution in [3.63, 3.8) is 0 Å². The standard InChI is InChI=1S/C14H12ClN7O/c15-6-9-8-20(16)14-18-12-11(13(23)22(14)19-9)7-17-21(12)10-4-2-1-3-5-10/h1-5,7-8,19H,6,16H2. The monoisotopic (exact) mass is 329 g/mol. The molecule has 0 atom stereocenters. The highest BCUT2D eigenvalue weighted by atomic mass is 35.5. The van der Waals surface area contributed by atoms with E-state index in [1.807, 2.05) is 30.3 Å². The molecule has 3 heterocycles. The quantitative estimate of drug-likeness (QED) is 0.536. The summed E-state index contributed by atoms with van der Waals surface area (Å²) in [6.45, 7) is 0. The summed E-state index contributed by atoms with van der Waals surface area (Å²) >= 11 is 5.80. The predicted octanol–water partition coefficient (Wildman–Crippen LogP) is 0.900. The Labute approximate surface area is 135 Å². The second-order valence-electron chi connectivity index (χ2n) is 4.99. The van der Waals surface area contributed by atoms with Crippen molar-refractivity contribution in [3.05, 3.63) is 58.8 Å². The van der Waals surface area contributed by atoms with Gasteiger partial charge < -0.3 is 0 Å². The van der Waals surface area contributed by atoms with Gasteiger partial charge in [0.1, 0.15) is 5.39 Å². The molecule has 0 fully saturated rings. The van der Waals surface area contributed by atoms with Gasteiger partial charge >= 0.3 is 0 Å². The number of hydrazine groups is 1. The molecule has 1 aromatic carbocycles. The van der Waals surface area contributed by atoms with Crippen molar-refractivity contribution in [2.75, 3.05) is 16.3 Å². The lowest BCUT2D eigenvalue weighted by Crippen LogP contribution is -2.42. The normalized spacial score (nSPS) is 13.7. The van der Waals surface area contributed by atoms with Crippen LogP contribution < -0.4 is 21.8 Å². The summed E-state index contributed by atoms with van der Waals surface area (Å²) in [7, 11) is 0. The average Bonchev–Trinajstić information content (AvgIpc) is 3.01. The summed E-state index contributed by atoms with van der Waals surface area (Å²) in [6, 6.07) is 9.45. The Morgan fingerprint density at radius 3 is 2.78 bits per heavy atom. The van der Waals surface area contributed by atoms with Gasteiger partial charge in [0.25, 0.3) is 5.56 Å². The summed E-state index contributed by atoms with van der Waals surface area (Å²) in [5.41, 5.74) is 4.45. The van der Waals surface area contributed by atoms with Gasteiger partial charge in [0.05, 0.1) is 23.5 Å². The zero-order chi connectivity index (χ0) is 16.0. The Kier molecular flexibility index (Phi) is 3.07. The fourth-order valence-corrected chi connectivity index (χ4v) is 2.58. The number of nitrogens with zero attached hydrogens (tertiary/aromatic N) is 5. The highest BCUT2D eigenvalue weighted by Gasteiger charge is 2.21. The van der Waals surface area contributed by atoms with Crippen LogP contribution in [0.2, 0.25) is 0 Å². The summed E-state index contributed by atoms with van der Waals surface area (Å²) in [5, 5.41) is 5.92. The molecule has 2 aromatic heterocycles. The maximum Gasteiger partial charge on any atom is 0.285 e. The van der Waals surface area contributed by atoms with Crippen LogP contribution in [-0.2, 0) is 0 Å². The first-order valence-corrected chi connectivity index (χ1v) is 7.36. The molecule has 0 radical (unpaired) electrons. The van der Waals surface area contributed by atoms with Crippen molar-refractivity contribution >= 4 is 28.6 Å². The molecule has 9 heteroatoms. The molecule has 0 saturated heterocycles. The molecular formula is C14H12ClN7O. The third-order valence-corrected chi connectivity index (χ3v) is 3.80.